The molecule has 17 heavy (non-hydrogen) atoms. The Morgan fingerprint density at radius 3 is 2.47 bits per heavy atom. The summed E-state index contributed by atoms with van der Waals surface area (Å²) in [4.78, 5) is 2.24. The van der Waals surface area contributed by atoms with E-state index in [2.05, 4.69) is 51.2 Å². The Labute approximate surface area is 108 Å². The van der Waals surface area contributed by atoms with Crippen molar-refractivity contribution in [3.63, 3.8) is 0 Å². The first kappa shape index (κ1) is 16.7. The van der Waals surface area contributed by atoms with E-state index < -0.39 is 0 Å². The molecule has 0 aliphatic carbocycles. The molecule has 0 aromatic heterocycles. The predicted molar refractivity (Wildman–Crippen MR) is 78.5 cm³/mol. The standard InChI is InChI=1S/C15H32N2/c1-14(2)8-6-9-15(3)10-12-16-11-7-13-17(4)5/h8,15-16H,6-7,9-13H2,1-5H3/t15-/m0/s1. The van der Waals surface area contributed by atoms with E-state index in [1.54, 1.807) is 0 Å². The zero-order valence-electron chi connectivity index (χ0n) is 12.6. The van der Waals surface area contributed by atoms with Crippen molar-refractivity contribution in [2.75, 3.05) is 33.7 Å². The van der Waals surface area contributed by atoms with E-state index in [9.17, 15) is 0 Å². The molecule has 0 spiro atoms. The summed E-state index contributed by atoms with van der Waals surface area (Å²) in [6.45, 7) is 10.2. The number of hydrogen-bond acceptors (Lipinski definition) is 2. The number of hydrogen-bond donors (Lipinski definition) is 1. The maximum atomic E-state index is 3.53. The van der Waals surface area contributed by atoms with Crippen LogP contribution in [-0.2, 0) is 0 Å². The van der Waals surface area contributed by atoms with Gasteiger partial charge in [-0.15, -0.1) is 0 Å². The molecule has 0 saturated carbocycles. The SMILES string of the molecule is CC(C)=CCC[C@H](C)CCNCCCN(C)C. The van der Waals surface area contributed by atoms with Crippen molar-refractivity contribution in [2.45, 2.75) is 46.5 Å². The average molecular weight is 240 g/mol. The van der Waals surface area contributed by atoms with Crippen LogP contribution in [0.4, 0.5) is 0 Å². The Morgan fingerprint density at radius 2 is 1.88 bits per heavy atom. The molecule has 0 aromatic carbocycles. The quantitative estimate of drug-likeness (QED) is 0.465. The minimum Gasteiger partial charge on any atom is -0.317 e. The van der Waals surface area contributed by atoms with Gasteiger partial charge in [-0.1, -0.05) is 18.6 Å². The fraction of sp³-hybridized carbons (Fsp3) is 0.867. The lowest BCUT2D eigenvalue weighted by Crippen LogP contribution is -2.23. The van der Waals surface area contributed by atoms with Crippen LogP contribution in [0.5, 0.6) is 0 Å². The minimum absolute atomic E-state index is 0.840. The van der Waals surface area contributed by atoms with Crippen molar-refractivity contribution in [1.82, 2.24) is 10.2 Å². The fourth-order valence-electron chi connectivity index (χ4n) is 1.79. The maximum Gasteiger partial charge on any atom is -0.00127 e. The lowest BCUT2D eigenvalue weighted by molar-refractivity contribution is 0.390. The van der Waals surface area contributed by atoms with Crippen LogP contribution in [0.1, 0.15) is 46.5 Å². The second-order valence-corrected chi connectivity index (χ2v) is 5.66. The van der Waals surface area contributed by atoms with Gasteiger partial charge in [-0.3, -0.25) is 0 Å². The third-order valence-corrected chi connectivity index (χ3v) is 2.98. The Morgan fingerprint density at radius 1 is 1.18 bits per heavy atom. The van der Waals surface area contributed by atoms with Crippen molar-refractivity contribution in [1.29, 1.82) is 0 Å². The van der Waals surface area contributed by atoms with E-state index in [0.29, 0.717) is 0 Å². The van der Waals surface area contributed by atoms with Crippen molar-refractivity contribution in [3.05, 3.63) is 11.6 Å². The molecule has 0 aliphatic rings. The maximum absolute atomic E-state index is 3.53. The van der Waals surface area contributed by atoms with Gasteiger partial charge in [0.15, 0.2) is 0 Å². The molecule has 1 N–H and O–H groups in total. The van der Waals surface area contributed by atoms with E-state index in [0.717, 1.165) is 12.5 Å². The summed E-state index contributed by atoms with van der Waals surface area (Å²) in [7, 11) is 4.26. The molecule has 0 aliphatic heterocycles. The molecule has 2 heteroatoms. The van der Waals surface area contributed by atoms with Crippen molar-refractivity contribution in [2.24, 2.45) is 5.92 Å². The number of rotatable bonds is 10. The van der Waals surface area contributed by atoms with Crippen LogP contribution in [0.2, 0.25) is 0 Å². The monoisotopic (exact) mass is 240 g/mol. The molecule has 0 aromatic rings. The van der Waals surface area contributed by atoms with Gasteiger partial charge in [0.05, 0.1) is 0 Å². The van der Waals surface area contributed by atoms with Crippen LogP contribution in [0.3, 0.4) is 0 Å². The van der Waals surface area contributed by atoms with Crippen molar-refractivity contribution < 1.29 is 0 Å². The highest BCUT2D eigenvalue weighted by Gasteiger charge is 2.00. The Balaban J connectivity index is 3.27. The molecular weight excluding hydrogens is 208 g/mol. The van der Waals surface area contributed by atoms with Gasteiger partial charge in [-0.2, -0.15) is 0 Å². The van der Waals surface area contributed by atoms with Crippen LogP contribution in [-0.4, -0.2) is 38.6 Å². The first-order valence-electron chi connectivity index (χ1n) is 7.01. The van der Waals surface area contributed by atoms with Gasteiger partial charge in [0.25, 0.3) is 0 Å². The summed E-state index contributed by atoms with van der Waals surface area (Å²) >= 11 is 0. The third kappa shape index (κ3) is 13.6. The van der Waals surface area contributed by atoms with Crippen LogP contribution in [0.15, 0.2) is 11.6 Å². The number of nitrogens with one attached hydrogen (secondary N) is 1. The highest BCUT2D eigenvalue weighted by molar-refractivity contribution is 4.92. The largest absolute Gasteiger partial charge is 0.317 e. The lowest BCUT2D eigenvalue weighted by atomic mass is 10.0. The van der Waals surface area contributed by atoms with E-state index in [1.165, 1.54) is 44.3 Å². The third-order valence-electron chi connectivity index (χ3n) is 2.98. The van der Waals surface area contributed by atoms with Crippen LogP contribution in [0, 0.1) is 5.92 Å². The molecule has 0 fully saturated rings. The van der Waals surface area contributed by atoms with Crippen LogP contribution >= 0.6 is 0 Å². The second-order valence-electron chi connectivity index (χ2n) is 5.66. The fourth-order valence-corrected chi connectivity index (χ4v) is 1.79. The van der Waals surface area contributed by atoms with Gasteiger partial charge in [0, 0.05) is 0 Å². The molecule has 0 amide bonds. The topological polar surface area (TPSA) is 15.3 Å². The highest BCUT2D eigenvalue weighted by Crippen LogP contribution is 2.10. The van der Waals surface area contributed by atoms with E-state index in [4.69, 9.17) is 0 Å². The normalized spacial score (nSPS) is 12.8. The summed E-state index contributed by atoms with van der Waals surface area (Å²) in [6.07, 6.45) is 7.47. The van der Waals surface area contributed by atoms with Gasteiger partial charge in [0.1, 0.15) is 0 Å². The van der Waals surface area contributed by atoms with E-state index in [-0.39, 0.29) is 0 Å². The van der Waals surface area contributed by atoms with E-state index in [1.807, 2.05) is 0 Å². The van der Waals surface area contributed by atoms with Gasteiger partial charge >= 0.3 is 0 Å². The second kappa shape index (κ2) is 10.8. The number of allylic oxidation sites excluding steroid dienone is 2. The molecule has 0 saturated heterocycles. The van der Waals surface area contributed by atoms with Gasteiger partial charge in [-0.25, -0.2) is 0 Å². The zero-order valence-corrected chi connectivity index (χ0v) is 12.6. The Hall–Kier alpha value is -0.340. The smallest absolute Gasteiger partial charge is 0.00127 e. The van der Waals surface area contributed by atoms with Gasteiger partial charge in [0.2, 0.25) is 0 Å². The molecule has 2 nitrogen and oxygen atoms in total. The van der Waals surface area contributed by atoms with Crippen molar-refractivity contribution in [3.8, 4) is 0 Å². The van der Waals surface area contributed by atoms with Crippen LogP contribution < -0.4 is 5.32 Å². The molecule has 0 bridgehead atoms. The highest BCUT2D eigenvalue weighted by atomic mass is 15.0. The van der Waals surface area contributed by atoms with E-state index >= 15 is 0 Å². The summed E-state index contributed by atoms with van der Waals surface area (Å²) < 4.78 is 0. The molecule has 0 rings (SSSR count). The Bertz CT molecular complexity index is 193. The first-order chi connectivity index (χ1) is 8.02. The zero-order chi connectivity index (χ0) is 13.1. The lowest BCUT2D eigenvalue weighted by Gasteiger charge is -2.12. The summed E-state index contributed by atoms with van der Waals surface area (Å²) in [5.74, 6) is 0.840. The molecule has 0 unspecified atom stereocenters. The van der Waals surface area contributed by atoms with Gasteiger partial charge in [-0.05, 0) is 79.2 Å². The first-order valence-corrected chi connectivity index (χ1v) is 7.01. The summed E-state index contributed by atoms with van der Waals surface area (Å²) in [5.41, 5.74) is 1.44. The molecular formula is C15H32N2. The number of nitrogens with zero attached hydrogens (tertiary/aromatic N) is 1. The average Bonchev–Trinajstić information content (AvgIpc) is 2.22. The molecule has 0 heterocycles. The molecule has 0 radical (unpaired) electrons. The molecule has 1 atom stereocenters. The predicted octanol–water partition coefficient (Wildman–Crippen LogP) is 3.30. The summed E-state index contributed by atoms with van der Waals surface area (Å²) in [6, 6.07) is 0. The van der Waals surface area contributed by atoms with Gasteiger partial charge < -0.3 is 10.2 Å². The Kier molecular flexibility index (Phi) is 10.6. The van der Waals surface area contributed by atoms with Crippen molar-refractivity contribution >= 4 is 0 Å². The minimum atomic E-state index is 0.840. The summed E-state index contributed by atoms with van der Waals surface area (Å²) in [5, 5.41) is 3.53. The molecule has 102 valence electrons. The van der Waals surface area contributed by atoms with Crippen LogP contribution in [0.25, 0.3) is 0 Å².